The van der Waals surface area contributed by atoms with Crippen molar-refractivity contribution >= 4 is 16.8 Å². The summed E-state index contributed by atoms with van der Waals surface area (Å²) in [5, 5.41) is 3.82. The Morgan fingerprint density at radius 3 is 2.80 bits per heavy atom. The summed E-state index contributed by atoms with van der Waals surface area (Å²) in [6.07, 6.45) is 0.467. The molecule has 5 heteroatoms. The maximum Gasteiger partial charge on any atom is 0.251 e. The number of aryl methyl sites for hydroxylation is 1. The summed E-state index contributed by atoms with van der Waals surface area (Å²) >= 11 is 0. The second-order valence-corrected chi connectivity index (χ2v) is 5.95. The first-order valence-electron chi connectivity index (χ1n) is 8.11. The molecule has 25 heavy (non-hydrogen) atoms. The van der Waals surface area contributed by atoms with Crippen molar-refractivity contribution in [2.24, 2.45) is 0 Å². The van der Waals surface area contributed by atoms with Crippen LogP contribution in [0.2, 0.25) is 0 Å². The zero-order valence-electron chi connectivity index (χ0n) is 14.3. The molecular weight excluding hydrogens is 316 g/mol. The number of carbonyl (C=O) groups is 1. The van der Waals surface area contributed by atoms with E-state index in [2.05, 4.69) is 10.3 Å². The van der Waals surface area contributed by atoms with Crippen LogP contribution in [0.5, 0.6) is 5.75 Å². The Kier molecular flexibility index (Phi) is 4.84. The topological polar surface area (TPSA) is 71.2 Å². The van der Waals surface area contributed by atoms with Gasteiger partial charge in [0.2, 0.25) is 0 Å². The molecule has 0 fully saturated rings. The standard InChI is InChI=1S/C20H20N2O3/c1-13-6-7-14-11-16(20(24)22-18(14)10-13)8-9-21-19(23)15-4-3-5-17(12-15)25-2/h3-7,10-12H,8-9H2,1-2H3,(H,21,23)(H,22,24). The molecule has 0 aliphatic carbocycles. The number of aromatic amines is 1. The lowest BCUT2D eigenvalue weighted by molar-refractivity contribution is 0.0953. The van der Waals surface area contributed by atoms with E-state index in [0.29, 0.717) is 29.8 Å². The summed E-state index contributed by atoms with van der Waals surface area (Å²) in [7, 11) is 1.56. The van der Waals surface area contributed by atoms with Gasteiger partial charge in [-0.05, 0) is 54.6 Å². The number of nitrogens with one attached hydrogen (secondary N) is 2. The highest BCUT2D eigenvalue weighted by Crippen LogP contribution is 2.14. The van der Waals surface area contributed by atoms with Crippen molar-refractivity contribution < 1.29 is 9.53 Å². The van der Waals surface area contributed by atoms with Gasteiger partial charge in [-0.25, -0.2) is 0 Å². The molecule has 1 heterocycles. The number of carbonyl (C=O) groups excluding carboxylic acids is 1. The number of rotatable bonds is 5. The van der Waals surface area contributed by atoms with Gasteiger partial charge < -0.3 is 15.0 Å². The molecule has 128 valence electrons. The van der Waals surface area contributed by atoms with Crippen LogP contribution in [0.4, 0.5) is 0 Å². The van der Waals surface area contributed by atoms with E-state index in [0.717, 1.165) is 16.5 Å². The molecule has 0 aliphatic rings. The molecule has 1 amide bonds. The van der Waals surface area contributed by atoms with E-state index in [4.69, 9.17) is 4.74 Å². The van der Waals surface area contributed by atoms with E-state index >= 15 is 0 Å². The smallest absolute Gasteiger partial charge is 0.251 e. The number of amides is 1. The number of H-pyrrole nitrogens is 1. The minimum absolute atomic E-state index is 0.117. The third-order valence-electron chi connectivity index (χ3n) is 4.09. The molecule has 3 rings (SSSR count). The highest BCUT2D eigenvalue weighted by atomic mass is 16.5. The monoisotopic (exact) mass is 336 g/mol. The first kappa shape index (κ1) is 16.8. The van der Waals surface area contributed by atoms with Crippen LogP contribution in [0.3, 0.4) is 0 Å². The molecule has 0 aliphatic heterocycles. The number of methoxy groups -OCH3 is 1. The van der Waals surface area contributed by atoms with Crippen molar-refractivity contribution in [1.82, 2.24) is 10.3 Å². The molecule has 5 nitrogen and oxygen atoms in total. The summed E-state index contributed by atoms with van der Waals surface area (Å²) < 4.78 is 5.12. The van der Waals surface area contributed by atoms with Gasteiger partial charge in [0.05, 0.1) is 7.11 Å². The fourth-order valence-electron chi connectivity index (χ4n) is 2.72. The quantitative estimate of drug-likeness (QED) is 0.752. The summed E-state index contributed by atoms with van der Waals surface area (Å²) in [5.74, 6) is 0.445. The van der Waals surface area contributed by atoms with Gasteiger partial charge >= 0.3 is 0 Å². The Bertz CT molecular complexity index is 976. The first-order valence-corrected chi connectivity index (χ1v) is 8.11. The van der Waals surface area contributed by atoms with Crippen LogP contribution in [-0.4, -0.2) is 24.5 Å². The van der Waals surface area contributed by atoms with Gasteiger partial charge in [0.25, 0.3) is 11.5 Å². The molecule has 2 N–H and O–H groups in total. The molecule has 0 spiro atoms. The van der Waals surface area contributed by atoms with Gasteiger partial charge in [-0.2, -0.15) is 0 Å². The summed E-state index contributed by atoms with van der Waals surface area (Å²) in [6.45, 7) is 2.37. The summed E-state index contributed by atoms with van der Waals surface area (Å²) in [4.78, 5) is 27.3. The largest absolute Gasteiger partial charge is 0.497 e. The minimum atomic E-state index is -0.188. The Morgan fingerprint density at radius 1 is 1.16 bits per heavy atom. The van der Waals surface area contributed by atoms with E-state index < -0.39 is 0 Å². The van der Waals surface area contributed by atoms with Crippen LogP contribution in [0.25, 0.3) is 10.9 Å². The van der Waals surface area contributed by atoms with Crippen molar-refractivity contribution in [3.05, 3.63) is 75.6 Å². The lowest BCUT2D eigenvalue weighted by atomic mass is 10.1. The third kappa shape index (κ3) is 3.88. The predicted octanol–water partition coefficient (Wildman–Crippen LogP) is 2.82. The molecule has 0 unspecified atom stereocenters. The molecular formula is C20H20N2O3. The number of hydrogen-bond acceptors (Lipinski definition) is 3. The van der Waals surface area contributed by atoms with Gasteiger partial charge in [0.15, 0.2) is 0 Å². The number of pyridine rings is 1. The highest BCUT2D eigenvalue weighted by molar-refractivity contribution is 5.94. The van der Waals surface area contributed by atoms with Crippen LogP contribution in [0, 0.1) is 6.92 Å². The van der Waals surface area contributed by atoms with Gasteiger partial charge in [-0.1, -0.05) is 18.2 Å². The fourth-order valence-corrected chi connectivity index (χ4v) is 2.72. The Labute approximate surface area is 145 Å². The zero-order chi connectivity index (χ0) is 17.8. The summed E-state index contributed by atoms with van der Waals surface area (Å²) in [5.41, 5.74) is 2.99. The molecule has 0 bridgehead atoms. The first-order chi connectivity index (χ1) is 12.1. The zero-order valence-corrected chi connectivity index (χ0v) is 14.3. The average Bonchev–Trinajstić information content (AvgIpc) is 2.62. The van der Waals surface area contributed by atoms with Crippen molar-refractivity contribution in [2.75, 3.05) is 13.7 Å². The lowest BCUT2D eigenvalue weighted by Crippen LogP contribution is -2.27. The maximum absolute atomic E-state index is 12.2. The van der Waals surface area contributed by atoms with Gasteiger partial charge in [0, 0.05) is 23.2 Å². The van der Waals surface area contributed by atoms with E-state index in [1.54, 1.807) is 31.4 Å². The molecule has 1 aromatic heterocycles. The second-order valence-electron chi connectivity index (χ2n) is 5.95. The second kappa shape index (κ2) is 7.21. The van der Waals surface area contributed by atoms with Crippen LogP contribution >= 0.6 is 0 Å². The molecule has 2 aromatic carbocycles. The normalized spacial score (nSPS) is 10.6. The van der Waals surface area contributed by atoms with E-state index in [1.165, 1.54) is 0 Å². The maximum atomic E-state index is 12.2. The predicted molar refractivity (Wildman–Crippen MR) is 98.3 cm³/mol. The van der Waals surface area contributed by atoms with Gasteiger partial charge in [-0.15, -0.1) is 0 Å². The molecule has 3 aromatic rings. The van der Waals surface area contributed by atoms with Gasteiger partial charge in [0.1, 0.15) is 5.75 Å². The van der Waals surface area contributed by atoms with Crippen LogP contribution in [0.15, 0.2) is 53.3 Å². The molecule has 0 atom stereocenters. The fraction of sp³-hybridized carbons (Fsp3) is 0.200. The lowest BCUT2D eigenvalue weighted by Gasteiger charge is -2.07. The van der Waals surface area contributed by atoms with E-state index in [9.17, 15) is 9.59 Å². The van der Waals surface area contributed by atoms with E-state index in [1.807, 2.05) is 31.2 Å². The Morgan fingerprint density at radius 2 is 2.00 bits per heavy atom. The average molecular weight is 336 g/mol. The van der Waals surface area contributed by atoms with Crippen molar-refractivity contribution in [3.8, 4) is 5.75 Å². The molecule has 0 saturated carbocycles. The minimum Gasteiger partial charge on any atom is -0.497 e. The summed E-state index contributed by atoms with van der Waals surface area (Å²) in [6, 6.07) is 14.8. The number of aromatic nitrogens is 1. The third-order valence-corrected chi connectivity index (χ3v) is 4.09. The van der Waals surface area contributed by atoms with Crippen molar-refractivity contribution in [2.45, 2.75) is 13.3 Å². The Hall–Kier alpha value is -3.08. The van der Waals surface area contributed by atoms with Crippen LogP contribution < -0.4 is 15.6 Å². The SMILES string of the molecule is COc1cccc(C(=O)NCCc2cc3ccc(C)cc3[nH]c2=O)c1. The Balaban J connectivity index is 1.68. The van der Waals surface area contributed by atoms with Crippen molar-refractivity contribution in [1.29, 1.82) is 0 Å². The number of benzene rings is 2. The number of fused-ring (bicyclic) bond motifs is 1. The highest BCUT2D eigenvalue weighted by Gasteiger charge is 2.08. The van der Waals surface area contributed by atoms with E-state index in [-0.39, 0.29) is 11.5 Å². The number of hydrogen-bond donors (Lipinski definition) is 2. The van der Waals surface area contributed by atoms with Crippen molar-refractivity contribution in [3.63, 3.8) is 0 Å². The molecule has 0 saturated heterocycles. The number of ether oxygens (including phenoxy) is 1. The molecule has 0 radical (unpaired) electrons. The van der Waals surface area contributed by atoms with Crippen LogP contribution in [-0.2, 0) is 6.42 Å². The van der Waals surface area contributed by atoms with Crippen LogP contribution in [0.1, 0.15) is 21.5 Å². The van der Waals surface area contributed by atoms with Gasteiger partial charge in [-0.3, -0.25) is 9.59 Å².